The summed E-state index contributed by atoms with van der Waals surface area (Å²) >= 11 is 0. The van der Waals surface area contributed by atoms with Crippen LogP contribution in [0.1, 0.15) is 30.8 Å². The maximum absolute atomic E-state index is 13.4. The van der Waals surface area contributed by atoms with Gasteiger partial charge in [0.1, 0.15) is 0 Å². The Kier molecular flexibility index (Phi) is 4.90. The number of carbonyl (C=O) groups is 2. The number of aliphatic carboxylic acids is 1. The Hall–Kier alpha value is -2.74. The summed E-state index contributed by atoms with van der Waals surface area (Å²) in [5.41, 5.74) is -1.01. The summed E-state index contributed by atoms with van der Waals surface area (Å²) in [6, 6.07) is 6.95. The third kappa shape index (κ3) is 3.21. The number of likely N-dealkylation sites (tertiary alicyclic amines) is 1. The predicted octanol–water partition coefficient (Wildman–Crippen LogP) is 1.62. The van der Waals surface area contributed by atoms with Gasteiger partial charge in [-0.25, -0.2) is 4.68 Å². The quantitative estimate of drug-likeness (QED) is 0.838. The van der Waals surface area contributed by atoms with Crippen LogP contribution >= 0.6 is 0 Å². The molecule has 1 N–H and O–H groups in total. The summed E-state index contributed by atoms with van der Waals surface area (Å²) in [5, 5.41) is 15.2. The molecule has 0 bridgehead atoms. The van der Waals surface area contributed by atoms with E-state index in [1.165, 1.54) is 4.68 Å². The number of aromatic nitrogens is 2. The maximum atomic E-state index is 13.4. The summed E-state index contributed by atoms with van der Waals surface area (Å²) in [5.74, 6) is -1.28. The number of ether oxygens (including phenoxy) is 1. The molecule has 2 aromatic rings. The Bertz CT molecular complexity index is 1030. The maximum Gasteiger partial charge on any atom is 0.311 e. The van der Waals surface area contributed by atoms with Gasteiger partial charge >= 0.3 is 5.97 Å². The van der Waals surface area contributed by atoms with Crippen molar-refractivity contribution in [3.8, 4) is 0 Å². The summed E-state index contributed by atoms with van der Waals surface area (Å²) in [4.78, 5) is 39.8. The predicted molar refractivity (Wildman–Crippen MR) is 106 cm³/mol. The van der Waals surface area contributed by atoms with Crippen molar-refractivity contribution >= 4 is 22.6 Å². The zero-order valence-electron chi connectivity index (χ0n) is 16.6. The molecule has 154 valence electrons. The van der Waals surface area contributed by atoms with E-state index in [1.807, 2.05) is 13.8 Å². The molecular formula is C21H25N3O5. The minimum Gasteiger partial charge on any atom is -0.481 e. The van der Waals surface area contributed by atoms with E-state index in [9.17, 15) is 19.5 Å². The van der Waals surface area contributed by atoms with Crippen molar-refractivity contribution in [2.75, 3.05) is 26.3 Å². The van der Waals surface area contributed by atoms with Gasteiger partial charge in [-0.3, -0.25) is 14.4 Å². The Morgan fingerprint density at radius 1 is 1.31 bits per heavy atom. The first-order valence-electron chi connectivity index (χ1n) is 9.94. The smallest absolute Gasteiger partial charge is 0.311 e. The van der Waals surface area contributed by atoms with Crippen LogP contribution in [0.2, 0.25) is 0 Å². The van der Waals surface area contributed by atoms with Crippen molar-refractivity contribution in [3.05, 3.63) is 40.3 Å². The second-order valence-corrected chi connectivity index (χ2v) is 8.44. The number of carboxylic acid groups (broad SMARTS) is 1. The fourth-order valence-electron chi connectivity index (χ4n) is 4.47. The number of hydrogen-bond acceptors (Lipinski definition) is 5. The highest BCUT2D eigenvalue weighted by atomic mass is 16.5. The minimum absolute atomic E-state index is 0.133. The molecule has 0 aliphatic carbocycles. The van der Waals surface area contributed by atoms with Crippen LogP contribution < -0.4 is 5.56 Å². The third-order valence-electron chi connectivity index (χ3n) is 6.03. The summed E-state index contributed by atoms with van der Waals surface area (Å²) < 4.78 is 6.83. The number of carbonyl (C=O) groups excluding carboxylic acids is 1. The van der Waals surface area contributed by atoms with Crippen LogP contribution in [0.4, 0.5) is 0 Å². The molecule has 8 nitrogen and oxygen atoms in total. The number of nitrogens with zero attached hydrogens (tertiary/aromatic N) is 3. The summed E-state index contributed by atoms with van der Waals surface area (Å²) in [6.45, 7) is 5.51. The van der Waals surface area contributed by atoms with Crippen LogP contribution in [0.15, 0.2) is 29.1 Å². The molecule has 2 aliphatic rings. The zero-order chi connectivity index (χ0) is 20.8. The molecule has 8 heteroatoms. The molecule has 2 fully saturated rings. The lowest BCUT2D eigenvalue weighted by Crippen LogP contribution is -2.45. The van der Waals surface area contributed by atoms with Gasteiger partial charge in [0.05, 0.1) is 17.4 Å². The van der Waals surface area contributed by atoms with E-state index in [-0.39, 0.29) is 35.5 Å². The van der Waals surface area contributed by atoms with Gasteiger partial charge < -0.3 is 14.7 Å². The zero-order valence-corrected chi connectivity index (χ0v) is 16.6. The average Bonchev–Trinajstić information content (AvgIpc) is 3.10. The van der Waals surface area contributed by atoms with Crippen LogP contribution in [0.3, 0.4) is 0 Å². The van der Waals surface area contributed by atoms with E-state index in [1.54, 1.807) is 29.2 Å². The number of fused-ring (bicyclic) bond motifs is 2. The molecule has 2 saturated heterocycles. The largest absolute Gasteiger partial charge is 0.481 e. The second-order valence-electron chi connectivity index (χ2n) is 8.44. The van der Waals surface area contributed by atoms with E-state index >= 15 is 0 Å². The molecule has 0 unspecified atom stereocenters. The first-order valence-corrected chi connectivity index (χ1v) is 9.94. The number of rotatable bonds is 4. The molecule has 3 heterocycles. The highest BCUT2D eigenvalue weighted by Crippen LogP contribution is 2.43. The van der Waals surface area contributed by atoms with Gasteiger partial charge in [-0.05, 0) is 18.4 Å². The van der Waals surface area contributed by atoms with Gasteiger partial charge in [-0.2, -0.15) is 5.10 Å². The van der Waals surface area contributed by atoms with Gasteiger partial charge in [0.2, 0.25) is 0 Å². The van der Waals surface area contributed by atoms with Crippen molar-refractivity contribution in [1.82, 2.24) is 14.7 Å². The van der Waals surface area contributed by atoms with Gasteiger partial charge in [0.15, 0.2) is 5.69 Å². The normalized spacial score (nSPS) is 24.1. The lowest BCUT2D eigenvalue weighted by atomic mass is 9.74. The van der Waals surface area contributed by atoms with Crippen LogP contribution in [-0.4, -0.2) is 58.0 Å². The molecule has 0 spiro atoms. The number of carboxylic acids is 1. The third-order valence-corrected chi connectivity index (χ3v) is 6.03. The summed E-state index contributed by atoms with van der Waals surface area (Å²) in [6.07, 6.45) is 0.387. The molecule has 4 rings (SSSR count). The highest BCUT2D eigenvalue weighted by Gasteiger charge is 2.55. The van der Waals surface area contributed by atoms with Gasteiger partial charge in [0, 0.05) is 37.5 Å². The van der Waals surface area contributed by atoms with Crippen LogP contribution in [0.5, 0.6) is 0 Å². The Balaban J connectivity index is 1.77. The monoisotopic (exact) mass is 399 g/mol. The SMILES string of the molecule is CC(C)Cn1nc(C(=O)N2C[C@H]3COCC[C@@]3(C(=O)O)C2)c2ccccc2c1=O. The average molecular weight is 399 g/mol. The topological polar surface area (TPSA) is 102 Å². The second kappa shape index (κ2) is 7.26. The van der Waals surface area contributed by atoms with Crippen molar-refractivity contribution < 1.29 is 19.4 Å². The molecule has 2 aliphatic heterocycles. The Labute approximate surface area is 168 Å². The standard InChI is InChI=1S/C21H25N3O5/c1-13(2)9-24-18(25)16-6-4-3-5-15(16)17(22-24)19(26)23-10-14-11-29-8-7-21(14,12-23)20(27)28/h3-6,13-14H,7-12H2,1-2H3,(H,27,28)/t14-,21+/m0/s1. The molecule has 0 radical (unpaired) electrons. The van der Waals surface area contributed by atoms with E-state index in [2.05, 4.69) is 5.10 Å². The highest BCUT2D eigenvalue weighted by molar-refractivity contribution is 6.05. The van der Waals surface area contributed by atoms with Crippen LogP contribution in [-0.2, 0) is 16.1 Å². The van der Waals surface area contributed by atoms with Crippen molar-refractivity contribution in [1.29, 1.82) is 0 Å². The fraction of sp³-hybridized carbons (Fsp3) is 0.524. The van der Waals surface area contributed by atoms with Crippen molar-refractivity contribution in [2.45, 2.75) is 26.8 Å². The summed E-state index contributed by atoms with van der Waals surface area (Å²) in [7, 11) is 0. The van der Waals surface area contributed by atoms with Crippen molar-refractivity contribution in [3.63, 3.8) is 0 Å². The van der Waals surface area contributed by atoms with E-state index < -0.39 is 11.4 Å². The molecular weight excluding hydrogens is 374 g/mol. The first kappa shape index (κ1) is 19.6. The number of hydrogen-bond donors (Lipinski definition) is 1. The first-order chi connectivity index (χ1) is 13.8. The fourth-order valence-corrected chi connectivity index (χ4v) is 4.47. The Morgan fingerprint density at radius 2 is 2.03 bits per heavy atom. The van der Waals surface area contributed by atoms with E-state index in [4.69, 9.17) is 4.74 Å². The van der Waals surface area contributed by atoms with Gasteiger partial charge in [-0.15, -0.1) is 0 Å². The molecule has 1 aromatic heterocycles. The van der Waals surface area contributed by atoms with Crippen molar-refractivity contribution in [2.24, 2.45) is 17.3 Å². The lowest BCUT2D eigenvalue weighted by molar-refractivity contribution is -0.157. The van der Waals surface area contributed by atoms with Crippen LogP contribution in [0, 0.1) is 17.3 Å². The number of benzene rings is 1. The lowest BCUT2D eigenvalue weighted by Gasteiger charge is -2.33. The van der Waals surface area contributed by atoms with Gasteiger partial charge in [-0.1, -0.05) is 32.0 Å². The molecule has 0 saturated carbocycles. The number of amides is 1. The Morgan fingerprint density at radius 3 is 2.69 bits per heavy atom. The van der Waals surface area contributed by atoms with E-state index in [0.717, 1.165) is 0 Å². The molecule has 2 atom stereocenters. The molecule has 1 aromatic carbocycles. The van der Waals surface area contributed by atoms with E-state index in [0.29, 0.717) is 43.5 Å². The van der Waals surface area contributed by atoms with Gasteiger partial charge in [0.25, 0.3) is 11.5 Å². The molecule has 1 amide bonds. The van der Waals surface area contributed by atoms with Crippen LogP contribution in [0.25, 0.3) is 10.8 Å². The minimum atomic E-state index is -0.976. The molecule has 29 heavy (non-hydrogen) atoms.